The van der Waals surface area contributed by atoms with Crippen LogP contribution in [0.3, 0.4) is 0 Å². The molecule has 1 aliphatic heterocycles. The average Bonchev–Trinajstić information content (AvgIpc) is 2.64. The number of hydrogen-bond donors (Lipinski definition) is 1. The van der Waals surface area contributed by atoms with E-state index in [1.54, 1.807) is 37.4 Å². The van der Waals surface area contributed by atoms with Crippen LogP contribution in [0.25, 0.3) is 0 Å². The van der Waals surface area contributed by atoms with Crippen LogP contribution >= 0.6 is 11.6 Å². The smallest absolute Gasteiger partial charge is 0.274 e. The summed E-state index contributed by atoms with van der Waals surface area (Å²) < 4.78 is 0. The third-order valence-corrected chi connectivity index (χ3v) is 4.74. The molecule has 2 aromatic rings. The molecular formula is C19H21ClN4O2. The Labute approximate surface area is 157 Å². The molecule has 1 saturated heterocycles. The van der Waals surface area contributed by atoms with Crippen LogP contribution < -0.4 is 10.2 Å². The van der Waals surface area contributed by atoms with E-state index in [2.05, 4.69) is 15.2 Å². The maximum Gasteiger partial charge on any atom is 0.274 e. The van der Waals surface area contributed by atoms with Gasteiger partial charge in [0.25, 0.3) is 5.91 Å². The zero-order valence-corrected chi connectivity index (χ0v) is 15.6. The summed E-state index contributed by atoms with van der Waals surface area (Å²) >= 11 is 5.94. The van der Waals surface area contributed by atoms with Crippen molar-refractivity contribution in [3.8, 4) is 0 Å². The maximum absolute atomic E-state index is 12.4. The lowest BCUT2D eigenvalue weighted by atomic mass is 10.2. The van der Waals surface area contributed by atoms with E-state index in [9.17, 15) is 9.59 Å². The van der Waals surface area contributed by atoms with Gasteiger partial charge in [0.2, 0.25) is 5.91 Å². The van der Waals surface area contributed by atoms with Gasteiger partial charge in [0.05, 0.1) is 11.9 Å². The largest absolute Gasteiger partial charge is 0.367 e. The Morgan fingerprint density at radius 2 is 1.85 bits per heavy atom. The van der Waals surface area contributed by atoms with Crippen LogP contribution in [0.1, 0.15) is 23.0 Å². The van der Waals surface area contributed by atoms with E-state index in [0.29, 0.717) is 29.5 Å². The first-order valence-electron chi connectivity index (χ1n) is 8.48. The highest BCUT2D eigenvalue weighted by Crippen LogP contribution is 2.21. The molecule has 6 nitrogen and oxygen atoms in total. The fourth-order valence-corrected chi connectivity index (χ4v) is 3.17. The Balaban J connectivity index is 1.64. The molecule has 1 N–H and O–H groups in total. The van der Waals surface area contributed by atoms with Crippen molar-refractivity contribution in [3.05, 3.63) is 52.8 Å². The average molecular weight is 373 g/mol. The number of pyridine rings is 1. The molecule has 0 bridgehead atoms. The number of amides is 2. The molecule has 0 spiro atoms. The summed E-state index contributed by atoms with van der Waals surface area (Å²) in [7, 11) is 0. The highest BCUT2D eigenvalue weighted by molar-refractivity contribution is 6.30. The molecular weight excluding hydrogens is 352 g/mol. The highest BCUT2D eigenvalue weighted by atomic mass is 35.5. The van der Waals surface area contributed by atoms with Crippen LogP contribution in [-0.2, 0) is 4.79 Å². The fourth-order valence-electron chi connectivity index (χ4n) is 2.94. The maximum atomic E-state index is 12.4. The van der Waals surface area contributed by atoms with Crippen molar-refractivity contribution in [2.75, 3.05) is 36.4 Å². The second-order valence-electron chi connectivity index (χ2n) is 6.31. The van der Waals surface area contributed by atoms with E-state index in [1.165, 1.54) is 0 Å². The number of anilines is 2. The quantitative estimate of drug-likeness (QED) is 0.899. The van der Waals surface area contributed by atoms with Crippen molar-refractivity contribution in [2.24, 2.45) is 0 Å². The zero-order chi connectivity index (χ0) is 18.7. The van der Waals surface area contributed by atoms with Gasteiger partial charge in [0.1, 0.15) is 5.69 Å². The molecule has 2 heterocycles. The number of piperazine rings is 1. The van der Waals surface area contributed by atoms with E-state index in [0.717, 1.165) is 24.3 Å². The normalized spacial score (nSPS) is 14.3. The predicted molar refractivity (Wildman–Crippen MR) is 103 cm³/mol. The van der Waals surface area contributed by atoms with E-state index < -0.39 is 0 Å². The Morgan fingerprint density at radius 1 is 1.12 bits per heavy atom. The topological polar surface area (TPSA) is 65.5 Å². The summed E-state index contributed by atoms with van der Waals surface area (Å²) in [5.74, 6) is -0.157. The fraction of sp³-hybridized carbons (Fsp3) is 0.316. The van der Waals surface area contributed by atoms with Gasteiger partial charge in [-0.3, -0.25) is 9.59 Å². The lowest BCUT2D eigenvalue weighted by Crippen LogP contribution is -2.48. The second-order valence-corrected chi connectivity index (χ2v) is 6.74. The molecule has 2 amide bonds. The van der Waals surface area contributed by atoms with Crippen molar-refractivity contribution in [1.29, 1.82) is 0 Å². The van der Waals surface area contributed by atoms with Crippen LogP contribution in [-0.4, -0.2) is 47.9 Å². The zero-order valence-electron chi connectivity index (χ0n) is 14.8. The molecule has 7 heteroatoms. The minimum absolute atomic E-state index is 0.104. The third kappa shape index (κ3) is 4.14. The molecule has 0 aliphatic carbocycles. The molecule has 1 fully saturated rings. The number of benzene rings is 1. The Kier molecular flexibility index (Phi) is 5.42. The number of nitrogens with zero attached hydrogens (tertiary/aromatic N) is 3. The van der Waals surface area contributed by atoms with Gasteiger partial charge >= 0.3 is 0 Å². The first kappa shape index (κ1) is 18.2. The van der Waals surface area contributed by atoms with Gasteiger partial charge < -0.3 is 15.1 Å². The monoisotopic (exact) mass is 372 g/mol. The Morgan fingerprint density at radius 3 is 2.42 bits per heavy atom. The van der Waals surface area contributed by atoms with Crippen molar-refractivity contribution in [3.63, 3.8) is 0 Å². The number of carbonyl (C=O) groups is 2. The van der Waals surface area contributed by atoms with E-state index >= 15 is 0 Å². The predicted octanol–water partition coefficient (Wildman–Crippen LogP) is 2.96. The van der Waals surface area contributed by atoms with Gasteiger partial charge in [0.15, 0.2) is 0 Å². The number of aromatic nitrogens is 1. The number of halogens is 1. The van der Waals surface area contributed by atoms with E-state index in [-0.39, 0.29) is 11.8 Å². The molecule has 26 heavy (non-hydrogen) atoms. The van der Waals surface area contributed by atoms with E-state index in [1.807, 2.05) is 17.9 Å². The lowest BCUT2D eigenvalue weighted by Gasteiger charge is -2.35. The number of carbonyl (C=O) groups excluding carboxylic acids is 2. The molecule has 1 aromatic carbocycles. The molecule has 0 saturated carbocycles. The Hall–Kier alpha value is -2.60. The van der Waals surface area contributed by atoms with Crippen LogP contribution in [0.5, 0.6) is 0 Å². The van der Waals surface area contributed by atoms with Gasteiger partial charge in [-0.15, -0.1) is 0 Å². The Bertz CT molecular complexity index is 815. The summed E-state index contributed by atoms with van der Waals surface area (Å²) in [6.07, 6.45) is 1.70. The molecule has 136 valence electrons. The summed E-state index contributed by atoms with van der Waals surface area (Å²) in [6.45, 7) is 6.40. The van der Waals surface area contributed by atoms with Crippen LogP contribution in [0.4, 0.5) is 11.4 Å². The molecule has 0 atom stereocenters. The first-order chi connectivity index (χ1) is 12.4. The van der Waals surface area contributed by atoms with Crippen LogP contribution in [0.2, 0.25) is 5.02 Å². The van der Waals surface area contributed by atoms with Gasteiger partial charge in [-0.2, -0.15) is 0 Å². The molecule has 3 rings (SSSR count). The summed E-state index contributed by atoms with van der Waals surface area (Å²) in [5.41, 5.74) is 2.91. The number of aryl methyl sites for hydroxylation is 1. The first-order valence-corrected chi connectivity index (χ1v) is 8.86. The van der Waals surface area contributed by atoms with Crippen molar-refractivity contribution in [2.45, 2.75) is 13.8 Å². The molecule has 0 unspecified atom stereocenters. The van der Waals surface area contributed by atoms with Crippen LogP contribution in [0, 0.1) is 6.92 Å². The second kappa shape index (κ2) is 7.74. The van der Waals surface area contributed by atoms with Gasteiger partial charge in [-0.25, -0.2) is 4.98 Å². The van der Waals surface area contributed by atoms with Crippen molar-refractivity contribution in [1.82, 2.24) is 9.88 Å². The van der Waals surface area contributed by atoms with Gasteiger partial charge in [0, 0.05) is 43.8 Å². The van der Waals surface area contributed by atoms with Crippen molar-refractivity contribution < 1.29 is 9.59 Å². The van der Waals surface area contributed by atoms with Gasteiger partial charge in [-0.1, -0.05) is 11.6 Å². The minimum atomic E-state index is -0.261. The standard InChI is InChI=1S/C19H21ClN4O2/c1-13-11-15(20)3-5-17(13)22-19(26)18-6-4-16(12-21-18)24-9-7-23(8-10-24)14(2)25/h3-6,11-12H,7-10H2,1-2H3,(H,22,26). The van der Waals surface area contributed by atoms with Crippen molar-refractivity contribution >= 4 is 34.8 Å². The molecule has 1 aromatic heterocycles. The lowest BCUT2D eigenvalue weighted by molar-refractivity contribution is -0.129. The number of hydrogen-bond acceptors (Lipinski definition) is 4. The van der Waals surface area contributed by atoms with Crippen LogP contribution in [0.15, 0.2) is 36.5 Å². The molecule has 0 radical (unpaired) electrons. The number of rotatable bonds is 3. The number of nitrogens with one attached hydrogen (secondary N) is 1. The summed E-state index contributed by atoms with van der Waals surface area (Å²) in [5, 5.41) is 3.49. The van der Waals surface area contributed by atoms with E-state index in [4.69, 9.17) is 11.6 Å². The summed E-state index contributed by atoms with van der Waals surface area (Å²) in [4.78, 5) is 32.1. The highest BCUT2D eigenvalue weighted by Gasteiger charge is 2.19. The van der Waals surface area contributed by atoms with Gasteiger partial charge in [-0.05, 0) is 42.8 Å². The minimum Gasteiger partial charge on any atom is -0.367 e. The third-order valence-electron chi connectivity index (χ3n) is 4.51. The SMILES string of the molecule is CC(=O)N1CCN(c2ccc(C(=O)Nc3ccc(Cl)cc3C)nc2)CC1. The molecule has 1 aliphatic rings. The summed E-state index contributed by atoms with van der Waals surface area (Å²) in [6, 6.07) is 8.92.